The molecule has 11 heteroatoms. The fraction of sp³-hybridized carbons (Fsp3) is 0.0882. The second-order valence-electron chi connectivity index (χ2n) is 9.89. The first-order valence-electron chi connectivity index (χ1n) is 13.9. The normalized spacial score (nSPS) is 13.6. The molecule has 4 aromatic carbocycles. The van der Waals surface area contributed by atoms with Crippen LogP contribution < -0.4 is 21.0 Å². The predicted octanol–water partition coefficient (Wildman–Crippen LogP) is 6.10. The van der Waals surface area contributed by atoms with Crippen LogP contribution in [0.1, 0.15) is 29.3 Å². The molecule has 0 fully saturated rings. The highest BCUT2D eigenvalue weighted by Crippen LogP contribution is 2.26. The minimum Gasteiger partial charge on any atom is -0.321 e. The molecule has 0 saturated heterocycles. The van der Waals surface area contributed by atoms with E-state index < -0.39 is 17.1 Å². The number of nitrogens with zero attached hydrogens (tertiary/aromatic N) is 2. The maximum absolute atomic E-state index is 13.3. The molecule has 1 heterocycles. The van der Waals surface area contributed by atoms with Crippen molar-refractivity contribution in [2.24, 2.45) is 5.10 Å². The number of carbonyl (C=O) groups excluding carboxylic acids is 4. The highest BCUT2D eigenvalue weighted by atomic mass is 35.5. The molecule has 3 N–H and O–H groups in total. The summed E-state index contributed by atoms with van der Waals surface area (Å²) >= 11 is 7.63. The van der Waals surface area contributed by atoms with Crippen molar-refractivity contribution < 1.29 is 19.2 Å². The average molecular weight is 638 g/mol. The number of anilines is 2. The molecule has 0 radical (unpaired) electrons. The van der Waals surface area contributed by atoms with Crippen LogP contribution in [-0.4, -0.2) is 34.7 Å². The molecule has 0 aromatic heterocycles. The molecule has 0 bridgehead atoms. The Bertz CT molecular complexity index is 1780. The standard InChI is InChI=1S/C34H28ClN5O4S/c1-22(32(42)38-30-21-31(41)40(39-30)26-13-6-3-7-14-26)45-27-18-16-25(17-19-27)36-34(44)29(20-24-12-8-9-15-28(24)35)37-33(43)23-10-4-2-5-11-23/h2-20,22H,21H2,1H3,(H,36,44)(H,37,43)(H,38,39,42)/b29-20-. The van der Waals surface area contributed by atoms with Crippen LogP contribution >= 0.6 is 23.4 Å². The molecule has 4 aromatic rings. The number of carbonyl (C=O) groups is 4. The van der Waals surface area contributed by atoms with Gasteiger partial charge in [-0.1, -0.05) is 66.2 Å². The molecule has 5 rings (SSSR count). The van der Waals surface area contributed by atoms with E-state index in [9.17, 15) is 19.2 Å². The van der Waals surface area contributed by atoms with Crippen molar-refractivity contribution in [1.29, 1.82) is 0 Å². The molecule has 226 valence electrons. The lowest BCUT2D eigenvalue weighted by atomic mass is 10.1. The van der Waals surface area contributed by atoms with Crippen LogP contribution in [0.15, 0.2) is 125 Å². The highest BCUT2D eigenvalue weighted by molar-refractivity contribution is 8.00. The number of para-hydroxylation sites is 1. The monoisotopic (exact) mass is 637 g/mol. The first-order chi connectivity index (χ1) is 21.8. The van der Waals surface area contributed by atoms with Gasteiger partial charge in [0.05, 0.1) is 17.4 Å². The summed E-state index contributed by atoms with van der Waals surface area (Å²) in [6, 6.07) is 31.5. The Morgan fingerprint density at radius 1 is 0.867 bits per heavy atom. The van der Waals surface area contributed by atoms with Gasteiger partial charge < -0.3 is 16.0 Å². The summed E-state index contributed by atoms with van der Waals surface area (Å²) < 4.78 is 0. The van der Waals surface area contributed by atoms with E-state index in [4.69, 9.17) is 11.6 Å². The van der Waals surface area contributed by atoms with E-state index in [0.29, 0.717) is 33.4 Å². The molecular formula is C34H28ClN5O4S. The van der Waals surface area contributed by atoms with E-state index in [0.717, 1.165) is 4.90 Å². The first-order valence-corrected chi connectivity index (χ1v) is 15.2. The van der Waals surface area contributed by atoms with Gasteiger partial charge in [0, 0.05) is 21.2 Å². The predicted molar refractivity (Wildman–Crippen MR) is 178 cm³/mol. The third-order valence-electron chi connectivity index (χ3n) is 6.57. The summed E-state index contributed by atoms with van der Waals surface area (Å²) in [6.07, 6.45) is 1.52. The van der Waals surface area contributed by atoms with Gasteiger partial charge in [0.1, 0.15) is 11.5 Å². The number of rotatable bonds is 9. The second-order valence-corrected chi connectivity index (χ2v) is 11.7. The van der Waals surface area contributed by atoms with E-state index in [1.54, 1.807) is 97.9 Å². The topological polar surface area (TPSA) is 120 Å². The van der Waals surface area contributed by atoms with E-state index in [1.807, 2.05) is 18.2 Å². The van der Waals surface area contributed by atoms with E-state index in [2.05, 4.69) is 21.1 Å². The maximum Gasteiger partial charge on any atom is 0.272 e. The molecule has 1 unspecified atom stereocenters. The smallest absolute Gasteiger partial charge is 0.272 e. The molecule has 9 nitrogen and oxygen atoms in total. The molecule has 0 saturated carbocycles. The molecule has 1 aliphatic heterocycles. The fourth-order valence-electron chi connectivity index (χ4n) is 4.28. The molecule has 45 heavy (non-hydrogen) atoms. The van der Waals surface area contributed by atoms with Gasteiger partial charge in [-0.25, -0.2) is 0 Å². The van der Waals surface area contributed by atoms with Crippen LogP contribution in [0.4, 0.5) is 11.4 Å². The second kappa shape index (κ2) is 14.5. The van der Waals surface area contributed by atoms with Crippen molar-refractivity contribution in [2.75, 3.05) is 10.3 Å². The van der Waals surface area contributed by atoms with Crippen molar-refractivity contribution in [3.8, 4) is 0 Å². The lowest BCUT2D eigenvalue weighted by molar-refractivity contribution is -0.119. The van der Waals surface area contributed by atoms with Gasteiger partial charge in [-0.15, -0.1) is 11.8 Å². The molecule has 0 aliphatic carbocycles. The number of hydrazone groups is 1. The lowest BCUT2D eigenvalue weighted by Crippen LogP contribution is -2.35. The van der Waals surface area contributed by atoms with Crippen molar-refractivity contribution >= 4 is 70.3 Å². The van der Waals surface area contributed by atoms with Crippen LogP contribution in [0.25, 0.3) is 6.08 Å². The van der Waals surface area contributed by atoms with Crippen molar-refractivity contribution in [3.63, 3.8) is 0 Å². The zero-order valence-corrected chi connectivity index (χ0v) is 25.6. The highest BCUT2D eigenvalue weighted by Gasteiger charge is 2.27. The first kappa shape index (κ1) is 31.2. The SMILES string of the molecule is CC(Sc1ccc(NC(=O)/C(=C/c2ccccc2Cl)NC(=O)c2ccccc2)cc1)C(=O)NC1=NN(c2ccccc2)C(=O)C1. The van der Waals surface area contributed by atoms with Crippen LogP contribution in [0.5, 0.6) is 0 Å². The van der Waals surface area contributed by atoms with Gasteiger partial charge in [-0.3, -0.25) is 19.2 Å². The van der Waals surface area contributed by atoms with Crippen LogP contribution in [0, 0.1) is 0 Å². The van der Waals surface area contributed by atoms with E-state index in [-0.39, 0.29) is 23.9 Å². The van der Waals surface area contributed by atoms with Gasteiger partial charge in [0.15, 0.2) is 0 Å². The number of benzene rings is 4. The Balaban J connectivity index is 1.21. The van der Waals surface area contributed by atoms with Crippen molar-refractivity contribution in [3.05, 3.63) is 131 Å². The Labute approximate surface area is 269 Å². The fourth-order valence-corrected chi connectivity index (χ4v) is 5.33. The number of hydrogen-bond acceptors (Lipinski definition) is 6. The number of amidine groups is 1. The quantitative estimate of drug-likeness (QED) is 0.151. The largest absolute Gasteiger partial charge is 0.321 e. The molecule has 0 spiro atoms. The summed E-state index contributed by atoms with van der Waals surface area (Å²) in [7, 11) is 0. The number of amides is 4. The van der Waals surface area contributed by atoms with Gasteiger partial charge in [0.2, 0.25) is 5.91 Å². The summed E-state index contributed by atoms with van der Waals surface area (Å²) in [5.74, 6) is -1.20. The summed E-state index contributed by atoms with van der Waals surface area (Å²) in [4.78, 5) is 52.2. The van der Waals surface area contributed by atoms with E-state index in [1.165, 1.54) is 22.8 Å². The summed E-state index contributed by atoms with van der Waals surface area (Å²) in [6.45, 7) is 1.75. The van der Waals surface area contributed by atoms with Gasteiger partial charge in [0.25, 0.3) is 17.7 Å². The van der Waals surface area contributed by atoms with Gasteiger partial charge in [-0.2, -0.15) is 10.1 Å². The summed E-state index contributed by atoms with van der Waals surface area (Å²) in [5.41, 5.74) is 2.10. The van der Waals surface area contributed by atoms with Crippen molar-refractivity contribution in [2.45, 2.75) is 23.5 Å². The number of halogens is 1. The Morgan fingerprint density at radius 2 is 1.51 bits per heavy atom. The Kier molecular flexibility index (Phi) is 10.1. The maximum atomic E-state index is 13.3. The van der Waals surface area contributed by atoms with Gasteiger partial charge >= 0.3 is 0 Å². The summed E-state index contributed by atoms with van der Waals surface area (Å²) in [5, 5.41) is 13.7. The van der Waals surface area contributed by atoms with Gasteiger partial charge in [-0.05, 0) is 73.2 Å². The minimum absolute atomic E-state index is 0.00509. The molecule has 4 amide bonds. The Hall–Kier alpha value is -5.19. The zero-order chi connectivity index (χ0) is 31.8. The van der Waals surface area contributed by atoms with Crippen molar-refractivity contribution in [1.82, 2.24) is 10.6 Å². The minimum atomic E-state index is -0.538. The lowest BCUT2D eigenvalue weighted by Gasteiger charge is -2.13. The molecular weight excluding hydrogens is 610 g/mol. The Morgan fingerprint density at radius 3 is 2.20 bits per heavy atom. The number of nitrogens with one attached hydrogen (secondary N) is 3. The third-order valence-corrected chi connectivity index (χ3v) is 8.03. The zero-order valence-electron chi connectivity index (χ0n) is 24.1. The van der Waals surface area contributed by atoms with Crippen LogP contribution in [0.2, 0.25) is 5.02 Å². The number of hydrogen-bond donors (Lipinski definition) is 3. The van der Waals surface area contributed by atoms with E-state index >= 15 is 0 Å². The average Bonchev–Trinajstić information content (AvgIpc) is 3.42. The third kappa shape index (κ3) is 8.26. The van der Waals surface area contributed by atoms with Crippen LogP contribution in [-0.2, 0) is 14.4 Å². The molecule has 1 aliphatic rings. The number of thioether (sulfide) groups is 1. The van der Waals surface area contributed by atoms with Crippen LogP contribution in [0.3, 0.4) is 0 Å². The molecule has 1 atom stereocenters.